The Balaban J connectivity index is 1.29. The molecule has 0 saturated carbocycles. The quantitative estimate of drug-likeness (QED) is 0.198. The van der Waals surface area contributed by atoms with E-state index in [1.165, 1.54) is 30.9 Å². The van der Waals surface area contributed by atoms with Crippen molar-refractivity contribution in [3.8, 4) is 39.9 Å². The van der Waals surface area contributed by atoms with E-state index in [4.69, 9.17) is 26.6 Å². The molecule has 0 aliphatic rings. The fourth-order valence-corrected chi connectivity index (χ4v) is 7.77. The molecule has 6 aromatic carbocycles. The normalized spacial score (nSPS) is 11.7. The second kappa shape index (κ2) is 10.4. The Hall–Kier alpha value is -5.36. The zero-order valence-corrected chi connectivity index (χ0v) is 25.4. The van der Waals surface area contributed by atoms with Crippen LogP contribution in [0, 0.1) is 0 Å². The molecule has 0 aliphatic heterocycles. The average Bonchev–Trinajstić information content (AvgIpc) is 3.64. The second-order valence-corrected chi connectivity index (χ2v) is 12.5. The van der Waals surface area contributed by atoms with Gasteiger partial charge < -0.3 is 4.57 Å². The standard InChI is InChI=1S/C39H23ClN4S/c40-27-21-26(39-42-37(24-11-3-1-4-12-24)41-38(43-39)25-13-5-2-6-14-25)22-28(23-27)44-32-17-9-7-16-31(32)35-33(44)20-19-30-29-15-8-10-18-34(29)45-36(30)35/h1-23H. The van der Waals surface area contributed by atoms with E-state index < -0.39 is 0 Å². The SMILES string of the molecule is Clc1cc(-c2nc(-c3ccccc3)nc(-c3ccccc3)n2)cc(-n2c3ccccc3c3c4sc5ccccc5c4ccc32)c1. The van der Waals surface area contributed by atoms with Gasteiger partial charge in [-0.05, 0) is 36.4 Å². The molecule has 0 bridgehead atoms. The van der Waals surface area contributed by atoms with E-state index in [0.29, 0.717) is 22.5 Å². The lowest BCUT2D eigenvalue weighted by Gasteiger charge is -2.12. The van der Waals surface area contributed by atoms with Crippen LogP contribution < -0.4 is 0 Å². The Bertz CT molecular complexity index is 2500. The molecule has 0 aliphatic carbocycles. The van der Waals surface area contributed by atoms with E-state index >= 15 is 0 Å². The molecule has 0 radical (unpaired) electrons. The molecule has 0 amide bonds. The summed E-state index contributed by atoms with van der Waals surface area (Å²) in [6.07, 6.45) is 0. The van der Waals surface area contributed by atoms with Crippen molar-refractivity contribution in [3.63, 3.8) is 0 Å². The summed E-state index contributed by atoms with van der Waals surface area (Å²) >= 11 is 8.75. The van der Waals surface area contributed by atoms with Gasteiger partial charge in [-0.2, -0.15) is 0 Å². The predicted molar refractivity (Wildman–Crippen MR) is 188 cm³/mol. The first kappa shape index (κ1) is 26.1. The third-order valence-corrected chi connectivity index (χ3v) is 9.70. The van der Waals surface area contributed by atoms with Crippen molar-refractivity contribution in [3.05, 3.63) is 145 Å². The van der Waals surface area contributed by atoms with Gasteiger partial charge in [0, 0.05) is 58.3 Å². The fourth-order valence-electron chi connectivity index (χ4n) is 6.28. The number of hydrogen-bond donors (Lipinski definition) is 0. The molecule has 0 spiro atoms. The van der Waals surface area contributed by atoms with Crippen molar-refractivity contribution in [2.75, 3.05) is 0 Å². The maximum absolute atomic E-state index is 6.90. The highest BCUT2D eigenvalue weighted by molar-refractivity contribution is 7.26. The van der Waals surface area contributed by atoms with Gasteiger partial charge in [-0.15, -0.1) is 11.3 Å². The van der Waals surface area contributed by atoms with Crippen molar-refractivity contribution in [2.45, 2.75) is 0 Å². The molecular weight excluding hydrogens is 592 g/mol. The summed E-state index contributed by atoms with van der Waals surface area (Å²) in [4.78, 5) is 14.8. The number of benzene rings is 6. The van der Waals surface area contributed by atoms with Crippen LogP contribution in [0.5, 0.6) is 0 Å². The first-order chi connectivity index (χ1) is 22.2. The van der Waals surface area contributed by atoms with Gasteiger partial charge in [0.1, 0.15) is 0 Å². The summed E-state index contributed by atoms with van der Waals surface area (Å²) in [6, 6.07) is 47.8. The molecular formula is C39H23ClN4S. The minimum Gasteiger partial charge on any atom is -0.309 e. The summed E-state index contributed by atoms with van der Waals surface area (Å²) in [7, 11) is 0. The van der Waals surface area contributed by atoms with Crippen LogP contribution in [-0.4, -0.2) is 19.5 Å². The van der Waals surface area contributed by atoms with Gasteiger partial charge in [-0.1, -0.05) is 115 Å². The molecule has 9 rings (SSSR count). The number of fused-ring (bicyclic) bond motifs is 7. The van der Waals surface area contributed by atoms with Gasteiger partial charge in [-0.25, -0.2) is 15.0 Å². The maximum Gasteiger partial charge on any atom is 0.164 e. The van der Waals surface area contributed by atoms with Gasteiger partial charge in [0.25, 0.3) is 0 Å². The first-order valence-corrected chi connectivity index (χ1v) is 15.9. The molecule has 0 fully saturated rings. The smallest absolute Gasteiger partial charge is 0.164 e. The minimum absolute atomic E-state index is 0.569. The summed E-state index contributed by atoms with van der Waals surface area (Å²) in [5.41, 5.74) is 5.88. The third-order valence-electron chi connectivity index (χ3n) is 8.28. The van der Waals surface area contributed by atoms with Gasteiger partial charge >= 0.3 is 0 Å². The molecule has 0 N–H and O–H groups in total. The molecule has 4 nitrogen and oxygen atoms in total. The zero-order chi connectivity index (χ0) is 29.9. The Morgan fingerprint density at radius 1 is 0.489 bits per heavy atom. The second-order valence-electron chi connectivity index (χ2n) is 11.0. The molecule has 6 heteroatoms. The molecule has 9 aromatic rings. The molecule has 45 heavy (non-hydrogen) atoms. The highest BCUT2D eigenvalue weighted by Gasteiger charge is 2.19. The number of aromatic nitrogens is 4. The number of hydrogen-bond acceptors (Lipinski definition) is 4. The van der Waals surface area contributed by atoms with Crippen molar-refractivity contribution in [2.24, 2.45) is 0 Å². The van der Waals surface area contributed by atoms with Crippen molar-refractivity contribution in [1.82, 2.24) is 19.5 Å². The average molecular weight is 615 g/mol. The van der Waals surface area contributed by atoms with Crippen LogP contribution in [0.1, 0.15) is 0 Å². The number of thiophene rings is 1. The molecule has 3 aromatic heterocycles. The van der Waals surface area contributed by atoms with Crippen LogP contribution in [-0.2, 0) is 0 Å². The maximum atomic E-state index is 6.90. The lowest BCUT2D eigenvalue weighted by atomic mass is 10.1. The Kier molecular flexibility index (Phi) is 6.01. The Labute approximate surface area is 267 Å². The summed E-state index contributed by atoms with van der Waals surface area (Å²) < 4.78 is 4.89. The highest BCUT2D eigenvalue weighted by Crippen LogP contribution is 2.43. The summed E-state index contributed by atoms with van der Waals surface area (Å²) in [6.45, 7) is 0. The first-order valence-electron chi connectivity index (χ1n) is 14.7. The van der Waals surface area contributed by atoms with E-state index in [1.807, 2.05) is 84.1 Å². The van der Waals surface area contributed by atoms with Crippen molar-refractivity contribution < 1.29 is 0 Å². The molecule has 0 atom stereocenters. The summed E-state index contributed by atoms with van der Waals surface area (Å²) in [5.74, 6) is 1.80. The lowest BCUT2D eigenvalue weighted by molar-refractivity contribution is 1.07. The van der Waals surface area contributed by atoms with Crippen LogP contribution in [0.3, 0.4) is 0 Å². The van der Waals surface area contributed by atoms with E-state index in [0.717, 1.165) is 33.4 Å². The fraction of sp³-hybridized carbons (Fsp3) is 0. The van der Waals surface area contributed by atoms with Crippen LogP contribution in [0.2, 0.25) is 5.02 Å². The predicted octanol–water partition coefficient (Wildman–Crippen LogP) is 11.0. The molecule has 0 saturated heterocycles. The number of para-hydroxylation sites is 1. The zero-order valence-electron chi connectivity index (χ0n) is 23.9. The van der Waals surface area contributed by atoms with E-state index in [2.05, 4.69) is 71.3 Å². The third kappa shape index (κ3) is 4.32. The monoisotopic (exact) mass is 614 g/mol. The van der Waals surface area contributed by atoms with Crippen LogP contribution in [0.4, 0.5) is 0 Å². The Morgan fingerprint density at radius 2 is 1.09 bits per heavy atom. The van der Waals surface area contributed by atoms with Gasteiger partial charge in [0.05, 0.1) is 11.0 Å². The molecule has 3 heterocycles. The molecule has 0 unspecified atom stereocenters. The lowest BCUT2D eigenvalue weighted by Crippen LogP contribution is -2.01. The molecule has 212 valence electrons. The largest absolute Gasteiger partial charge is 0.309 e. The van der Waals surface area contributed by atoms with Crippen LogP contribution >= 0.6 is 22.9 Å². The Morgan fingerprint density at radius 3 is 1.80 bits per heavy atom. The van der Waals surface area contributed by atoms with E-state index in [-0.39, 0.29) is 0 Å². The summed E-state index contributed by atoms with van der Waals surface area (Å²) in [5, 5.41) is 5.65. The van der Waals surface area contributed by atoms with Crippen molar-refractivity contribution in [1.29, 1.82) is 0 Å². The van der Waals surface area contributed by atoms with Gasteiger partial charge in [0.2, 0.25) is 0 Å². The van der Waals surface area contributed by atoms with E-state index in [9.17, 15) is 0 Å². The topological polar surface area (TPSA) is 43.6 Å². The van der Waals surface area contributed by atoms with Crippen molar-refractivity contribution >= 4 is 64.9 Å². The highest BCUT2D eigenvalue weighted by atomic mass is 35.5. The van der Waals surface area contributed by atoms with Crippen LogP contribution in [0.15, 0.2) is 140 Å². The minimum atomic E-state index is 0.569. The van der Waals surface area contributed by atoms with Gasteiger partial charge in [0.15, 0.2) is 17.5 Å². The van der Waals surface area contributed by atoms with E-state index in [1.54, 1.807) is 0 Å². The number of nitrogens with zero attached hydrogens (tertiary/aromatic N) is 4. The number of halogens is 1. The number of rotatable bonds is 4. The van der Waals surface area contributed by atoms with Gasteiger partial charge in [-0.3, -0.25) is 0 Å². The van der Waals surface area contributed by atoms with Crippen LogP contribution in [0.25, 0.3) is 81.8 Å².